The summed E-state index contributed by atoms with van der Waals surface area (Å²) in [5.41, 5.74) is 6.20. The molecule has 108 valence electrons. The van der Waals surface area contributed by atoms with Crippen LogP contribution in [0.25, 0.3) is 0 Å². The Balaban J connectivity index is 1.53. The summed E-state index contributed by atoms with van der Waals surface area (Å²) in [7, 11) is 0. The monoisotopic (exact) mass is 290 g/mol. The molecule has 1 aliphatic heterocycles. The van der Waals surface area contributed by atoms with Gasteiger partial charge in [0.2, 0.25) is 5.91 Å². The van der Waals surface area contributed by atoms with Gasteiger partial charge in [-0.2, -0.15) is 0 Å². The molecule has 2 fully saturated rings. The van der Waals surface area contributed by atoms with Gasteiger partial charge in [0.25, 0.3) is 0 Å². The third kappa shape index (κ3) is 3.01. The minimum absolute atomic E-state index is 0.264. The number of hydrogen-bond acceptors (Lipinski definition) is 3. The number of carbonyl (C=O) groups excluding carboxylic acids is 1. The third-order valence-corrected chi connectivity index (χ3v) is 5.61. The molecule has 20 heavy (non-hydrogen) atoms. The molecule has 3 rings (SSSR count). The Kier molecular flexibility index (Phi) is 4.32. The van der Waals surface area contributed by atoms with E-state index in [-0.39, 0.29) is 5.91 Å². The Morgan fingerprint density at radius 3 is 2.80 bits per heavy atom. The minimum Gasteiger partial charge on any atom is -0.341 e. The van der Waals surface area contributed by atoms with E-state index >= 15 is 0 Å². The SMILES string of the molecule is NC1CCCC2CN(C(=O)CSc3ccccc3)CC12. The van der Waals surface area contributed by atoms with E-state index < -0.39 is 0 Å². The number of carbonyl (C=O) groups is 1. The summed E-state index contributed by atoms with van der Waals surface area (Å²) < 4.78 is 0. The molecular weight excluding hydrogens is 268 g/mol. The number of benzene rings is 1. The number of nitrogens with two attached hydrogens (primary N) is 1. The highest BCUT2D eigenvalue weighted by Crippen LogP contribution is 2.35. The minimum atomic E-state index is 0.264. The van der Waals surface area contributed by atoms with E-state index in [1.54, 1.807) is 11.8 Å². The summed E-state index contributed by atoms with van der Waals surface area (Å²) in [4.78, 5) is 15.5. The molecular formula is C16H22N2OS. The molecule has 0 radical (unpaired) electrons. The van der Waals surface area contributed by atoms with Gasteiger partial charge >= 0.3 is 0 Å². The van der Waals surface area contributed by atoms with Crippen molar-refractivity contribution in [1.29, 1.82) is 0 Å². The summed E-state index contributed by atoms with van der Waals surface area (Å²) in [6.45, 7) is 1.80. The van der Waals surface area contributed by atoms with Crippen LogP contribution in [0, 0.1) is 11.8 Å². The number of amides is 1. The van der Waals surface area contributed by atoms with E-state index in [0.717, 1.165) is 24.4 Å². The molecule has 3 nitrogen and oxygen atoms in total. The maximum Gasteiger partial charge on any atom is 0.232 e. The molecule has 2 N–H and O–H groups in total. The van der Waals surface area contributed by atoms with Crippen molar-refractivity contribution in [1.82, 2.24) is 4.90 Å². The van der Waals surface area contributed by atoms with Gasteiger partial charge in [0, 0.05) is 24.0 Å². The van der Waals surface area contributed by atoms with Crippen LogP contribution in [-0.2, 0) is 4.79 Å². The summed E-state index contributed by atoms with van der Waals surface area (Å²) in [5, 5.41) is 0. The zero-order valence-corrected chi connectivity index (χ0v) is 12.5. The van der Waals surface area contributed by atoms with E-state index in [1.165, 1.54) is 12.8 Å². The lowest BCUT2D eigenvalue weighted by molar-refractivity contribution is -0.127. The zero-order valence-electron chi connectivity index (χ0n) is 11.7. The standard InChI is InChI=1S/C16H22N2OS/c17-15-8-4-5-12-9-18(10-14(12)15)16(19)11-20-13-6-2-1-3-7-13/h1-3,6-7,12,14-15H,4-5,8-11,17H2. The Bertz CT molecular complexity index is 465. The van der Waals surface area contributed by atoms with Gasteiger partial charge in [0.1, 0.15) is 0 Å². The first-order valence-corrected chi connectivity index (χ1v) is 8.44. The lowest BCUT2D eigenvalue weighted by Gasteiger charge is -2.29. The molecule has 1 aliphatic carbocycles. The number of nitrogens with zero attached hydrogens (tertiary/aromatic N) is 1. The van der Waals surface area contributed by atoms with E-state index in [2.05, 4.69) is 12.1 Å². The van der Waals surface area contributed by atoms with Gasteiger partial charge in [0.15, 0.2) is 0 Å². The maximum absolute atomic E-state index is 12.3. The molecule has 1 saturated heterocycles. The second kappa shape index (κ2) is 6.19. The molecule has 0 bridgehead atoms. The fourth-order valence-electron chi connectivity index (χ4n) is 3.47. The highest BCUT2D eigenvalue weighted by atomic mass is 32.2. The Morgan fingerprint density at radius 2 is 2.05 bits per heavy atom. The lowest BCUT2D eigenvalue weighted by Crippen LogP contribution is -2.38. The molecule has 1 heterocycles. The van der Waals surface area contributed by atoms with Crippen LogP contribution < -0.4 is 5.73 Å². The Morgan fingerprint density at radius 1 is 1.25 bits per heavy atom. The van der Waals surface area contributed by atoms with Crippen LogP contribution in [0.2, 0.25) is 0 Å². The van der Waals surface area contributed by atoms with Crippen molar-refractivity contribution >= 4 is 17.7 Å². The molecule has 1 aromatic rings. The quantitative estimate of drug-likeness (QED) is 0.869. The molecule has 4 heteroatoms. The second-order valence-electron chi connectivity index (χ2n) is 5.92. The van der Waals surface area contributed by atoms with Crippen LogP contribution in [-0.4, -0.2) is 35.7 Å². The molecule has 0 aromatic heterocycles. The summed E-state index contributed by atoms with van der Waals surface area (Å²) in [6, 6.07) is 10.4. The van der Waals surface area contributed by atoms with Gasteiger partial charge in [0.05, 0.1) is 5.75 Å². The average Bonchev–Trinajstić information content (AvgIpc) is 2.91. The smallest absolute Gasteiger partial charge is 0.232 e. The first kappa shape index (κ1) is 14.0. The van der Waals surface area contributed by atoms with Gasteiger partial charge in [-0.05, 0) is 36.8 Å². The normalized spacial score (nSPS) is 29.2. The van der Waals surface area contributed by atoms with Crippen molar-refractivity contribution in [2.24, 2.45) is 17.6 Å². The van der Waals surface area contributed by atoms with Crippen LogP contribution >= 0.6 is 11.8 Å². The fraction of sp³-hybridized carbons (Fsp3) is 0.562. The largest absolute Gasteiger partial charge is 0.341 e. The van der Waals surface area contributed by atoms with E-state index in [1.807, 2.05) is 23.1 Å². The Hall–Kier alpha value is -1.00. The van der Waals surface area contributed by atoms with Gasteiger partial charge in [-0.3, -0.25) is 4.79 Å². The van der Waals surface area contributed by atoms with Gasteiger partial charge in [-0.1, -0.05) is 24.6 Å². The Labute approximate surface area is 124 Å². The van der Waals surface area contributed by atoms with Crippen LogP contribution in [0.5, 0.6) is 0 Å². The molecule has 3 unspecified atom stereocenters. The number of hydrogen-bond donors (Lipinski definition) is 1. The fourth-order valence-corrected chi connectivity index (χ4v) is 4.30. The van der Waals surface area contributed by atoms with Gasteiger partial charge in [-0.25, -0.2) is 0 Å². The van der Waals surface area contributed by atoms with Gasteiger partial charge < -0.3 is 10.6 Å². The molecule has 1 aromatic carbocycles. The average molecular weight is 290 g/mol. The molecule has 1 amide bonds. The number of likely N-dealkylation sites (tertiary alicyclic amines) is 1. The maximum atomic E-state index is 12.3. The first-order valence-electron chi connectivity index (χ1n) is 7.45. The molecule has 1 saturated carbocycles. The molecule has 3 atom stereocenters. The molecule has 0 spiro atoms. The van der Waals surface area contributed by atoms with Crippen molar-refractivity contribution in [3.8, 4) is 0 Å². The predicted octanol–water partition coefficient (Wildman–Crippen LogP) is 2.36. The third-order valence-electron chi connectivity index (χ3n) is 4.61. The zero-order chi connectivity index (χ0) is 13.9. The second-order valence-corrected chi connectivity index (χ2v) is 6.97. The number of fused-ring (bicyclic) bond motifs is 1. The van der Waals surface area contributed by atoms with Crippen molar-refractivity contribution < 1.29 is 4.79 Å². The highest BCUT2D eigenvalue weighted by molar-refractivity contribution is 8.00. The van der Waals surface area contributed by atoms with Crippen LogP contribution in [0.3, 0.4) is 0 Å². The summed E-state index contributed by atoms with van der Waals surface area (Å²) >= 11 is 1.63. The summed E-state index contributed by atoms with van der Waals surface area (Å²) in [6.07, 6.45) is 3.60. The van der Waals surface area contributed by atoms with Crippen molar-refractivity contribution in [3.63, 3.8) is 0 Å². The van der Waals surface area contributed by atoms with Crippen molar-refractivity contribution in [3.05, 3.63) is 30.3 Å². The lowest BCUT2D eigenvalue weighted by atomic mass is 9.78. The van der Waals surface area contributed by atoms with Crippen molar-refractivity contribution in [2.75, 3.05) is 18.8 Å². The van der Waals surface area contributed by atoms with Crippen LogP contribution in [0.15, 0.2) is 35.2 Å². The van der Waals surface area contributed by atoms with E-state index in [9.17, 15) is 4.79 Å². The highest BCUT2D eigenvalue weighted by Gasteiger charge is 2.40. The van der Waals surface area contributed by atoms with E-state index in [4.69, 9.17) is 5.73 Å². The molecule has 2 aliphatic rings. The number of thioether (sulfide) groups is 1. The number of rotatable bonds is 3. The van der Waals surface area contributed by atoms with Crippen molar-refractivity contribution in [2.45, 2.75) is 30.2 Å². The topological polar surface area (TPSA) is 46.3 Å². The van der Waals surface area contributed by atoms with Gasteiger partial charge in [-0.15, -0.1) is 11.8 Å². The van der Waals surface area contributed by atoms with Crippen LogP contribution in [0.1, 0.15) is 19.3 Å². The summed E-state index contributed by atoms with van der Waals surface area (Å²) in [5.74, 6) is 1.98. The first-order chi connectivity index (χ1) is 9.74. The van der Waals surface area contributed by atoms with Crippen LogP contribution in [0.4, 0.5) is 0 Å². The van der Waals surface area contributed by atoms with E-state index in [0.29, 0.717) is 23.6 Å². The predicted molar refractivity (Wildman–Crippen MR) is 82.6 cm³/mol.